The van der Waals surface area contributed by atoms with E-state index < -0.39 is 50.9 Å². The number of aromatic nitrogens is 2. The Kier molecular flexibility index (Phi) is 4.07. The Bertz CT molecular complexity index is 744. The van der Waals surface area contributed by atoms with Gasteiger partial charge in [-0.05, 0) is 0 Å². The van der Waals surface area contributed by atoms with Gasteiger partial charge in [-0.15, -0.1) is 0 Å². The first-order chi connectivity index (χ1) is 10.4. The van der Waals surface area contributed by atoms with Crippen LogP contribution in [-0.2, 0) is 19.4 Å². The van der Waals surface area contributed by atoms with E-state index in [1.54, 1.807) is 0 Å². The number of aliphatic hydroxyl groups excluding tert-OH is 2. The molecule has 0 amide bonds. The molecule has 2 aliphatic heterocycles. The normalized spacial score (nSPS) is 38.5. The number of hydrogen-bond donors (Lipinski definition) is 3. The van der Waals surface area contributed by atoms with E-state index in [9.17, 15) is 28.8 Å². The molecule has 2 saturated heterocycles. The number of aromatic amines is 1. The molecule has 0 saturated carbocycles. The van der Waals surface area contributed by atoms with Crippen molar-refractivity contribution in [3.63, 3.8) is 0 Å². The zero-order chi connectivity index (χ0) is 16.0. The molecule has 1 aromatic rings. The Morgan fingerprint density at radius 3 is 2.64 bits per heavy atom. The fourth-order valence-electron chi connectivity index (χ4n) is 2.50. The van der Waals surface area contributed by atoms with Gasteiger partial charge in [0.15, 0.2) is 6.23 Å². The second kappa shape index (κ2) is 5.74. The molecule has 1 unspecified atom stereocenters. The average Bonchev–Trinajstić information content (AvgIpc) is 2.92. The summed E-state index contributed by atoms with van der Waals surface area (Å²) in [5, 5.41) is 19.1. The van der Waals surface area contributed by atoms with Crippen molar-refractivity contribution in [2.45, 2.75) is 36.2 Å². The highest BCUT2D eigenvalue weighted by Gasteiger charge is 2.51. The van der Waals surface area contributed by atoms with Gasteiger partial charge in [-0.2, -0.15) is 0 Å². The summed E-state index contributed by atoms with van der Waals surface area (Å²) in [4.78, 5) is 36.1. The lowest BCUT2D eigenvalue weighted by atomic mass is 10.1. The van der Waals surface area contributed by atoms with E-state index in [1.165, 1.54) is 0 Å². The molecule has 0 aromatic carbocycles. The van der Waals surface area contributed by atoms with E-state index in [-0.39, 0.29) is 11.5 Å². The summed E-state index contributed by atoms with van der Waals surface area (Å²) in [6.45, 7) is 0. The van der Waals surface area contributed by atoms with Gasteiger partial charge in [-0.1, -0.05) is 0 Å². The van der Waals surface area contributed by atoms with Gasteiger partial charge in [0.1, 0.15) is 18.3 Å². The topological polar surface area (TPSA) is 139 Å². The van der Waals surface area contributed by atoms with E-state index in [0.717, 1.165) is 16.8 Å². The molecule has 3 heterocycles. The molecule has 0 bridgehead atoms. The van der Waals surface area contributed by atoms with Gasteiger partial charge in [0.05, 0.1) is 15.1 Å². The number of H-pyrrole nitrogens is 1. The Hall–Kier alpha value is -1.27. The highest BCUT2D eigenvalue weighted by molar-refractivity contribution is 8.76. The first kappa shape index (κ1) is 15.6. The molecule has 0 aliphatic carbocycles. The fourth-order valence-corrected chi connectivity index (χ4v) is 5.54. The summed E-state index contributed by atoms with van der Waals surface area (Å²) >= 11 is 0. The van der Waals surface area contributed by atoms with Crippen molar-refractivity contribution >= 4 is 25.7 Å². The molecule has 0 radical (unpaired) electrons. The Morgan fingerprint density at radius 2 is 2.05 bits per heavy atom. The average molecular weight is 348 g/mol. The highest BCUT2D eigenvalue weighted by atomic mass is 33.1. The van der Waals surface area contributed by atoms with Crippen LogP contribution in [-0.4, -0.2) is 52.7 Å². The Balaban J connectivity index is 1.90. The van der Waals surface area contributed by atoms with Crippen LogP contribution >= 0.6 is 10.8 Å². The zero-order valence-corrected chi connectivity index (χ0v) is 12.6. The van der Waals surface area contributed by atoms with Crippen LogP contribution in [0.1, 0.15) is 12.6 Å². The largest absolute Gasteiger partial charge is 0.387 e. The molecule has 11 heteroatoms. The van der Waals surface area contributed by atoms with Gasteiger partial charge in [-0.3, -0.25) is 19.1 Å². The fraction of sp³-hybridized carbons (Fsp3) is 0.545. The van der Waals surface area contributed by atoms with Gasteiger partial charge in [0.2, 0.25) is 5.12 Å². The maximum absolute atomic E-state index is 11.8. The first-order valence-corrected chi connectivity index (χ1v) is 8.88. The third-order valence-electron chi connectivity index (χ3n) is 3.56. The minimum absolute atomic E-state index is 0.0427. The summed E-state index contributed by atoms with van der Waals surface area (Å²) in [5.74, 6) is 0. The number of hydrogen-bond acceptors (Lipinski definition) is 8. The standard InChI is InChI=1S/C11H12N2O7S2/c14-5-1-2-13(11(18)12-5)10-8(17)7(16)9(20-10)4-3-6(15)21-22(4)19/h1-2,4,7-10,16-17H,3H2,(H,12,14,18)/t4-,7-,8+,9+,10+,22?/m0/s1. The maximum Gasteiger partial charge on any atom is 0.330 e. The zero-order valence-electron chi connectivity index (χ0n) is 10.9. The summed E-state index contributed by atoms with van der Waals surface area (Å²) in [5.41, 5.74) is -1.41. The summed E-state index contributed by atoms with van der Waals surface area (Å²) in [6.07, 6.45) is -4.04. The monoisotopic (exact) mass is 348 g/mol. The highest BCUT2D eigenvalue weighted by Crippen LogP contribution is 2.38. The molecule has 9 nitrogen and oxygen atoms in total. The van der Waals surface area contributed by atoms with Crippen LogP contribution in [0.15, 0.2) is 21.9 Å². The van der Waals surface area contributed by atoms with Crippen LogP contribution in [0.25, 0.3) is 0 Å². The lowest BCUT2D eigenvalue weighted by molar-refractivity contribution is -0.111. The SMILES string of the molecule is O=C1C[C@@H]([C@H]2O[C@@H](n3ccc(=O)[nH]c3=O)[C@H](O)[C@@H]2O)S(=O)S1. The minimum Gasteiger partial charge on any atom is -0.387 e. The molecule has 3 N–H and O–H groups in total. The van der Waals surface area contributed by atoms with Gasteiger partial charge >= 0.3 is 5.69 Å². The number of aliphatic hydroxyl groups is 2. The number of ether oxygens (including phenoxy) is 1. The van der Waals surface area contributed by atoms with Crippen molar-refractivity contribution in [1.29, 1.82) is 0 Å². The second-order valence-electron chi connectivity index (χ2n) is 4.95. The third kappa shape index (κ3) is 2.58. The van der Waals surface area contributed by atoms with Crippen molar-refractivity contribution in [3.05, 3.63) is 33.1 Å². The summed E-state index contributed by atoms with van der Waals surface area (Å²) in [7, 11) is -0.905. The van der Waals surface area contributed by atoms with Crippen LogP contribution in [0.2, 0.25) is 0 Å². The molecule has 2 aliphatic rings. The van der Waals surface area contributed by atoms with Crippen LogP contribution < -0.4 is 11.2 Å². The van der Waals surface area contributed by atoms with Crippen LogP contribution in [0.3, 0.4) is 0 Å². The number of nitrogens with zero attached hydrogens (tertiary/aromatic N) is 1. The Morgan fingerprint density at radius 1 is 1.32 bits per heavy atom. The number of rotatable bonds is 2. The molecule has 6 atom stereocenters. The van der Waals surface area contributed by atoms with E-state index in [4.69, 9.17) is 4.74 Å². The predicted molar refractivity (Wildman–Crippen MR) is 76.4 cm³/mol. The van der Waals surface area contributed by atoms with E-state index in [1.807, 2.05) is 4.98 Å². The molecule has 22 heavy (non-hydrogen) atoms. The Labute approximate surface area is 129 Å². The van der Waals surface area contributed by atoms with Crippen LogP contribution in [0, 0.1) is 0 Å². The lowest BCUT2D eigenvalue weighted by Crippen LogP contribution is -2.39. The van der Waals surface area contributed by atoms with Crippen molar-refractivity contribution in [2.24, 2.45) is 0 Å². The van der Waals surface area contributed by atoms with Crippen LogP contribution in [0.4, 0.5) is 0 Å². The number of carbonyl (C=O) groups is 1. The smallest absolute Gasteiger partial charge is 0.330 e. The molecule has 120 valence electrons. The predicted octanol–water partition coefficient (Wildman–Crippen LogP) is -2.15. The maximum atomic E-state index is 11.8. The third-order valence-corrected chi connectivity index (χ3v) is 6.80. The quantitative estimate of drug-likeness (QED) is 0.514. The van der Waals surface area contributed by atoms with Gasteiger partial charge in [0, 0.05) is 29.5 Å². The molecule has 3 rings (SSSR count). The molecule has 2 fully saturated rings. The molecular formula is C11H12N2O7S2. The summed E-state index contributed by atoms with van der Waals surface area (Å²) in [6, 6.07) is 1.07. The van der Waals surface area contributed by atoms with Crippen molar-refractivity contribution in [3.8, 4) is 0 Å². The molecular weight excluding hydrogens is 336 g/mol. The first-order valence-electron chi connectivity index (χ1n) is 6.33. The number of nitrogens with one attached hydrogen (secondary N) is 1. The minimum atomic E-state index is -1.57. The second-order valence-corrected chi connectivity index (χ2v) is 8.18. The lowest BCUT2D eigenvalue weighted by Gasteiger charge is -2.19. The van der Waals surface area contributed by atoms with E-state index in [0.29, 0.717) is 10.8 Å². The van der Waals surface area contributed by atoms with Crippen LogP contribution in [0.5, 0.6) is 0 Å². The van der Waals surface area contributed by atoms with Crippen molar-refractivity contribution < 1.29 is 24.0 Å². The van der Waals surface area contributed by atoms with E-state index in [2.05, 4.69) is 0 Å². The van der Waals surface area contributed by atoms with Gasteiger partial charge < -0.3 is 14.9 Å². The van der Waals surface area contributed by atoms with Gasteiger partial charge in [0.25, 0.3) is 5.56 Å². The summed E-state index contributed by atoms with van der Waals surface area (Å²) < 4.78 is 18.3. The van der Waals surface area contributed by atoms with E-state index >= 15 is 0 Å². The molecule has 1 aromatic heterocycles. The van der Waals surface area contributed by atoms with Gasteiger partial charge in [-0.25, -0.2) is 9.00 Å². The molecule has 0 spiro atoms. The van der Waals surface area contributed by atoms with Crippen molar-refractivity contribution in [1.82, 2.24) is 9.55 Å². The number of carbonyl (C=O) groups excluding carboxylic acids is 1. The van der Waals surface area contributed by atoms with Crippen molar-refractivity contribution in [2.75, 3.05) is 0 Å².